The van der Waals surface area contributed by atoms with Gasteiger partial charge in [0.05, 0.1) is 24.0 Å². The van der Waals surface area contributed by atoms with Gasteiger partial charge in [-0.15, -0.1) is 4.40 Å². The highest BCUT2D eigenvalue weighted by Crippen LogP contribution is 2.55. The van der Waals surface area contributed by atoms with E-state index in [4.69, 9.17) is 4.42 Å². The summed E-state index contributed by atoms with van der Waals surface area (Å²) < 4.78 is 31.7. The number of furan rings is 1. The number of anilines is 1. The standard InChI is InChI=1S/C21H18N4O5S/c26-19-14-7-1-3-9-16(14)25(22-12-13-6-5-11-30-13)21(27)18(19)20-23-15-8-2-4-10-17(15)31(28,29)24-20/h1-11,22,26,28-29H,12H2,(H,23,24). The van der Waals surface area contributed by atoms with E-state index in [2.05, 4.69) is 15.1 Å². The maximum Gasteiger partial charge on any atom is 0.284 e. The molecule has 158 valence electrons. The number of aromatic hydroxyl groups is 1. The molecular formula is C21H18N4O5S. The van der Waals surface area contributed by atoms with Crippen LogP contribution < -0.4 is 16.3 Å². The second-order valence-corrected chi connectivity index (χ2v) is 8.54. The van der Waals surface area contributed by atoms with E-state index in [0.29, 0.717) is 22.4 Å². The molecule has 0 bridgehead atoms. The van der Waals surface area contributed by atoms with Crippen molar-refractivity contribution in [2.45, 2.75) is 11.4 Å². The lowest BCUT2D eigenvalue weighted by Crippen LogP contribution is -2.36. The van der Waals surface area contributed by atoms with E-state index < -0.39 is 16.3 Å². The van der Waals surface area contributed by atoms with Crippen LogP contribution in [-0.4, -0.2) is 24.7 Å². The minimum absolute atomic E-state index is 0.125. The van der Waals surface area contributed by atoms with E-state index in [9.17, 15) is 19.0 Å². The van der Waals surface area contributed by atoms with Gasteiger partial charge < -0.3 is 20.3 Å². The van der Waals surface area contributed by atoms with Crippen molar-refractivity contribution in [2.24, 2.45) is 4.40 Å². The minimum Gasteiger partial charge on any atom is -0.506 e. The molecule has 0 fully saturated rings. The van der Waals surface area contributed by atoms with Gasteiger partial charge >= 0.3 is 0 Å². The van der Waals surface area contributed by atoms with Gasteiger partial charge in [0, 0.05) is 5.39 Å². The summed E-state index contributed by atoms with van der Waals surface area (Å²) in [6.45, 7) is 0.221. The van der Waals surface area contributed by atoms with Crippen LogP contribution in [0.3, 0.4) is 0 Å². The van der Waals surface area contributed by atoms with Crippen LogP contribution >= 0.6 is 10.8 Å². The third-order valence-electron chi connectivity index (χ3n) is 4.94. The number of rotatable bonds is 4. The molecule has 1 aliphatic heterocycles. The molecule has 2 aromatic carbocycles. The van der Waals surface area contributed by atoms with Crippen LogP contribution in [-0.2, 0) is 6.54 Å². The smallest absolute Gasteiger partial charge is 0.284 e. The van der Waals surface area contributed by atoms with Gasteiger partial charge in [0.2, 0.25) is 0 Å². The maximum absolute atomic E-state index is 13.4. The number of hydrogen-bond acceptors (Lipinski definition) is 8. The van der Waals surface area contributed by atoms with E-state index in [1.165, 1.54) is 10.9 Å². The molecule has 0 saturated heterocycles. The largest absolute Gasteiger partial charge is 0.506 e. The van der Waals surface area contributed by atoms with Crippen LogP contribution in [0.2, 0.25) is 0 Å². The molecule has 5 rings (SSSR count). The molecule has 2 aromatic heterocycles. The average Bonchev–Trinajstić information content (AvgIpc) is 3.27. The van der Waals surface area contributed by atoms with Crippen molar-refractivity contribution in [2.75, 3.05) is 10.7 Å². The first kappa shape index (κ1) is 19.2. The van der Waals surface area contributed by atoms with Gasteiger partial charge in [-0.1, -0.05) is 35.0 Å². The first-order valence-electron chi connectivity index (χ1n) is 9.33. The quantitative estimate of drug-likeness (QED) is 0.326. The van der Waals surface area contributed by atoms with Crippen LogP contribution in [0, 0.1) is 0 Å². The van der Waals surface area contributed by atoms with Gasteiger partial charge in [-0.25, -0.2) is 4.68 Å². The fourth-order valence-electron chi connectivity index (χ4n) is 3.51. The Labute approximate surface area is 177 Å². The summed E-state index contributed by atoms with van der Waals surface area (Å²) in [6, 6.07) is 16.9. The lowest BCUT2D eigenvalue weighted by Gasteiger charge is -2.34. The van der Waals surface area contributed by atoms with E-state index >= 15 is 0 Å². The molecule has 0 aliphatic carbocycles. The Morgan fingerprint density at radius 2 is 1.84 bits per heavy atom. The Bertz CT molecular complexity index is 1380. The molecule has 10 heteroatoms. The molecule has 9 nitrogen and oxygen atoms in total. The summed E-state index contributed by atoms with van der Waals surface area (Å²) in [4.78, 5) is 13.6. The highest BCUT2D eigenvalue weighted by molar-refractivity contribution is 8.23. The molecule has 1 aliphatic rings. The van der Waals surface area contributed by atoms with Gasteiger partial charge in [0.15, 0.2) is 5.84 Å². The molecule has 4 aromatic rings. The van der Waals surface area contributed by atoms with Gasteiger partial charge in [0.1, 0.15) is 22.0 Å². The van der Waals surface area contributed by atoms with Gasteiger partial charge in [-0.05, 0) is 36.4 Å². The lowest BCUT2D eigenvalue weighted by molar-refractivity contribution is 0.477. The zero-order valence-corrected chi connectivity index (χ0v) is 16.8. The summed E-state index contributed by atoms with van der Waals surface area (Å²) in [5.41, 5.74) is 3.06. The first-order chi connectivity index (χ1) is 15.0. The van der Waals surface area contributed by atoms with E-state index in [1.807, 2.05) is 0 Å². The number of hydrogen-bond donors (Lipinski definition) is 5. The van der Waals surface area contributed by atoms with Gasteiger partial charge in [-0.2, -0.15) is 0 Å². The summed E-state index contributed by atoms with van der Waals surface area (Å²) in [5.74, 6) is 0.180. The van der Waals surface area contributed by atoms with Crippen molar-refractivity contribution in [3.63, 3.8) is 0 Å². The molecular weight excluding hydrogens is 420 g/mol. The summed E-state index contributed by atoms with van der Waals surface area (Å²) in [5, 5.41) is 14.3. The summed E-state index contributed by atoms with van der Waals surface area (Å²) in [6.07, 6.45) is 1.53. The van der Waals surface area contributed by atoms with Gasteiger partial charge in [0.25, 0.3) is 5.56 Å². The van der Waals surface area contributed by atoms with Crippen LogP contribution in [0.1, 0.15) is 11.3 Å². The molecule has 31 heavy (non-hydrogen) atoms. The Morgan fingerprint density at radius 1 is 1.06 bits per heavy atom. The molecule has 0 atom stereocenters. The topological polar surface area (TPSA) is 132 Å². The Morgan fingerprint density at radius 3 is 2.65 bits per heavy atom. The van der Waals surface area contributed by atoms with Crippen molar-refractivity contribution in [1.29, 1.82) is 0 Å². The summed E-state index contributed by atoms with van der Waals surface area (Å²) >= 11 is 0. The Kier molecular flexibility index (Phi) is 4.47. The number of nitrogens with one attached hydrogen (secondary N) is 2. The number of aromatic nitrogens is 1. The fraction of sp³-hybridized carbons (Fsp3) is 0.0476. The van der Waals surface area contributed by atoms with Crippen LogP contribution in [0.5, 0.6) is 5.75 Å². The third-order valence-corrected chi connectivity index (χ3v) is 6.32. The molecule has 5 N–H and O–H groups in total. The predicted octanol–water partition coefficient (Wildman–Crippen LogP) is 3.94. The first-order valence-corrected chi connectivity index (χ1v) is 10.8. The lowest BCUT2D eigenvalue weighted by atomic mass is 10.1. The van der Waals surface area contributed by atoms with Crippen molar-refractivity contribution in [1.82, 2.24) is 4.68 Å². The van der Waals surface area contributed by atoms with Crippen molar-refractivity contribution >= 4 is 33.2 Å². The predicted molar refractivity (Wildman–Crippen MR) is 119 cm³/mol. The number of amidine groups is 1. The van der Waals surface area contributed by atoms with Crippen molar-refractivity contribution in [3.8, 4) is 5.75 Å². The SMILES string of the molecule is O=c1c(C2=NS(O)(O)c3ccccc3N2)c(O)c2ccccc2n1NCc1ccco1. The number of pyridine rings is 1. The third kappa shape index (κ3) is 3.22. The molecule has 0 unspecified atom stereocenters. The zero-order chi connectivity index (χ0) is 21.6. The normalized spacial score (nSPS) is 15.6. The average molecular weight is 438 g/mol. The monoisotopic (exact) mass is 438 g/mol. The number of para-hydroxylation sites is 2. The van der Waals surface area contributed by atoms with Crippen molar-refractivity contribution < 1.29 is 18.6 Å². The van der Waals surface area contributed by atoms with Crippen LogP contribution in [0.4, 0.5) is 5.69 Å². The molecule has 0 amide bonds. The number of benzene rings is 2. The van der Waals surface area contributed by atoms with E-state index in [-0.39, 0.29) is 28.6 Å². The highest BCUT2D eigenvalue weighted by atomic mass is 32.3. The van der Waals surface area contributed by atoms with E-state index in [0.717, 1.165) is 0 Å². The zero-order valence-electron chi connectivity index (χ0n) is 16.0. The number of nitrogens with zero attached hydrogens (tertiary/aromatic N) is 2. The van der Waals surface area contributed by atoms with Crippen molar-refractivity contribution in [3.05, 3.63) is 88.6 Å². The molecule has 0 saturated carbocycles. The second-order valence-electron chi connectivity index (χ2n) is 6.88. The van der Waals surface area contributed by atoms with Crippen LogP contribution in [0.25, 0.3) is 10.9 Å². The van der Waals surface area contributed by atoms with E-state index in [1.54, 1.807) is 60.7 Å². The molecule has 3 heterocycles. The maximum atomic E-state index is 13.4. The Balaban J connectivity index is 1.69. The minimum atomic E-state index is -3.56. The molecule has 0 radical (unpaired) electrons. The van der Waals surface area contributed by atoms with Crippen LogP contribution in [0.15, 0.2) is 85.4 Å². The highest BCUT2D eigenvalue weighted by Gasteiger charge is 2.30. The fourth-order valence-corrected chi connectivity index (χ4v) is 4.68. The Hall–Kier alpha value is -3.73. The van der Waals surface area contributed by atoms with Gasteiger partial charge in [-0.3, -0.25) is 13.9 Å². The second kappa shape index (κ2) is 7.20. The number of fused-ring (bicyclic) bond motifs is 2. The summed E-state index contributed by atoms with van der Waals surface area (Å²) in [7, 11) is -3.56. The molecule has 0 spiro atoms.